The van der Waals surface area contributed by atoms with E-state index in [-0.39, 0.29) is 41.3 Å². The minimum Gasteiger partial charge on any atom is -0.462 e. The van der Waals surface area contributed by atoms with Gasteiger partial charge < -0.3 is 14.8 Å². The monoisotopic (exact) mass is 560 g/mol. The van der Waals surface area contributed by atoms with Crippen LogP contribution in [-0.4, -0.2) is 54.5 Å². The zero-order chi connectivity index (χ0) is 29.2. The standard InChI is InChI=1S/C34H44N2O5/c1-4-19-36-20-18-34(28-15-11-16-30(21-28)40-25(2)37)23-29(22-32(31(34)24-36)41-26(3)38)35-33(39)17-10-6-9-14-27-12-7-5-8-13-27/h4-5,7-8,11-13,15-16,21,29,31-32H,1,6,9-10,14,17-20,22-24H2,2-3H3,(H,35,39)/t29-,31-,32?,34-/m0/s1. The second-order valence-electron chi connectivity index (χ2n) is 11.6. The number of hydrogen-bond acceptors (Lipinski definition) is 6. The Morgan fingerprint density at radius 2 is 1.85 bits per heavy atom. The van der Waals surface area contributed by atoms with Crippen molar-refractivity contribution in [1.82, 2.24) is 10.2 Å². The number of piperidine rings is 1. The highest BCUT2D eigenvalue weighted by atomic mass is 16.5. The number of hydrogen-bond donors (Lipinski definition) is 1. The Hall–Kier alpha value is -3.45. The lowest BCUT2D eigenvalue weighted by molar-refractivity contribution is -0.157. The second kappa shape index (κ2) is 14.4. The Bertz CT molecular complexity index is 1200. The summed E-state index contributed by atoms with van der Waals surface area (Å²) in [5.41, 5.74) is 2.03. The minimum absolute atomic E-state index is 0.0267. The van der Waals surface area contributed by atoms with E-state index < -0.39 is 0 Å². The van der Waals surface area contributed by atoms with Crippen LogP contribution in [0.2, 0.25) is 0 Å². The number of unbranched alkanes of at least 4 members (excludes halogenated alkanes) is 2. The summed E-state index contributed by atoms with van der Waals surface area (Å²) in [6.07, 6.45) is 8.10. The van der Waals surface area contributed by atoms with Crippen LogP contribution in [0.1, 0.15) is 69.9 Å². The van der Waals surface area contributed by atoms with Gasteiger partial charge in [-0.15, -0.1) is 6.58 Å². The number of likely N-dealkylation sites (tertiary alicyclic amines) is 1. The maximum absolute atomic E-state index is 13.1. The van der Waals surface area contributed by atoms with Gasteiger partial charge in [-0.1, -0.05) is 55.0 Å². The van der Waals surface area contributed by atoms with Crippen LogP contribution in [0.15, 0.2) is 67.3 Å². The van der Waals surface area contributed by atoms with E-state index in [2.05, 4.69) is 47.1 Å². The van der Waals surface area contributed by atoms with Crippen molar-refractivity contribution in [2.45, 2.75) is 82.8 Å². The molecule has 1 aliphatic heterocycles. The number of nitrogens with one attached hydrogen (secondary N) is 1. The molecular weight excluding hydrogens is 516 g/mol. The lowest BCUT2D eigenvalue weighted by Crippen LogP contribution is -2.61. The number of aryl methyl sites for hydroxylation is 1. The van der Waals surface area contributed by atoms with Crippen LogP contribution in [0.4, 0.5) is 0 Å². The quantitative estimate of drug-likeness (QED) is 0.163. The summed E-state index contributed by atoms with van der Waals surface area (Å²) in [7, 11) is 0. The van der Waals surface area contributed by atoms with Crippen molar-refractivity contribution in [3.8, 4) is 5.75 Å². The largest absolute Gasteiger partial charge is 0.462 e. The highest BCUT2D eigenvalue weighted by Gasteiger charge is 2.53. The van der Waals surface area contributed by atoms with E-state index in [1.807, 2.05) is 24.3 Å². The molecule has 7 heteroatoms. The van der Waals surface area contributed by atoms with Gasteiger partial charge in [0, 0.05) is 57.2 Å². The predicted octanol–water partition coefficient (Wildman–Crippen LogP) is 5.37. The summed E-state index contributed by atoms with van der Waals surface area (Å²) < 4.78 is 11.4. The van der Waals surface area contributed by atoms with Crippen LogP contribution >= 0.6 is 0 Å². The summed E-state index contributed by atoms with van der Waals surface area (Å²) in [4.78, 5) is 39.4. The van der Waals surface area contributed by atoms with Crippen LogP contribution in [0, 0.1) is 5.92 Å². The number of carbonyl (C=O) groups excluding carboxylic acids is 3. The lowest BCUT2D eigenvalue weighted by atomic mass is 9.57. The van der Waals surface area contributed by atoms with Gasteiger partial charge >= 0.3 is 11.9 Å². The summed E-state index contributed by atoms with van der Waals surface area (Å²) in [5.74, 6) is -0.111. The van der Waals surface area contributed by atoms with Crippen molar-refractivity contribution in [3.05, 3.63) is 78.4 Å². The van der Waals surface area contributed by atoms with Gasteiger partial charge in [0.15, 0.2) is 0 Å². The van der Waals surface area contributed by atoms with Crippen LogP contribution < -0.4 is 10.1 Å². The van der Waals surface area contributed by atoms with Gasteiger partial charge in [-0.05, 0) is 61.9 Å². The average Bonchev–Trinajstić information content (AvgIpc) is 2.93. The molecule has 1 saturated carbocycles. The first kappa shape index (κ1) is 30.5. The number of ether oxygens (including phenoxy) is 2. The lowest BCUT2D eigenvalue weighted by Gasteiger charge is -2.55. The van der Waals surface area contributed by atoms with Crippen LogP contribution in [0.3, 0.4) is 0 Å². The highest BCUT2D eigenvalue weighted by molar-refractivity contribution is 5.76. The van der Waals surface area contributed by atoms with Gasteiger partial charge in [0.2, 0.25) is 5.91 Å². The van der Waals surface area contributed by atoms with Crippen LogP contribution in [0.5, 0.6) is 5.75 Å². The second-order valence-corrected chi connectivity index (χ2v) is 11.6. The Kier molecular flexibility index (Phi) is 10.7. The first-order valence-corrected chi connectivity index (χ1v) is 14.9. The molecule has 7 nitrogen and oxygen atoms in total. The van der Waals surface area contributed by atoms with Gasteiger partial charge in [0.1, 0.15) is 11.9 Å². The van der Waals surface area contributed by atoms with Crippen molar-refractivity contribution in [2.75, 3.05) is 19.6 Å². The minimum atomic E-state index is -0.368. The number of benzene rings is 2. The molecule has 2 aromatic carbocycles. The number of esters is 2. The molecule has 1 amide bonds. The molecule has 2 fully saturated rings. The molecule has 0 bridgehead atoms. The number of rotatable bonds is 12. The number of carbonyl (C=O) groups is 3. The van der Waals surface area contributed by atoms with Crippen LogP contribution in [0.25, 0.3) is 0 Å². The van der Waals surface area contributed by atoms with Crippen molar-refractivity contribution >= 4 is 17.8 Å². The third-order valence-electron chi connectivity index (χ3n) is 8.57. The molecule has 2 aromatic rings. The molecule has 1 aliphatic carbocycles. The molecule has 1 unspecified atom stereocenters. The van der Waals surface area contributed by atoms with E-state index in [1.54, 1.807) is 6.07 Å². The van der Waals surface area contributed by atoms with Gasteiger partial charge in [0.25, 0.3) is 0 Å². The molecule has 4 rings (SSSR count). The smallest absolute Gasteiger partial charge is 0.308 e. The Labute approximate surface area is 244 Å². The zero-order valence-electron chi connectivity index (χ0n) is 24.5. The van der Waals surface area contributed by atoms with E-state index >= 15 is 0 Å². The zero-order valence-corrected chi connectivity index (χ0v) is 24.5. The number of amides is 1. The normalized spacial score (nSPS) is 24.1. The molecule has 2 aliphatic rings. The third kappa shape index (κ3) is 8.29. The van der Waals surface area contributed by atoms with Gasteiger partial charge in [-0.25, -0.2) is 0 Å². The molecule has 41 heavy (non-hydrogen) atoms. The molecule has 0 aromatic heterocycles. The van der Waals surface area contributed by atoms with E-state index in [9.17, 15) is 14.4 Å². The predicted molar refractivity (Wildman–Crippen MR) is 160 cm³/mol. The van der Waals surface area contributed by atoms with Gasteiger partial charge in [-0.2, -0.15) is 0 Å². The molecule has 1 saturated heterocycles. The number of nitrogens with zero attached hydrogens (tertiary/aromatic N) is 1. The van der Waals surface area contributed by atoms with Crippen LogP contribution in [-0.2, 0) is 31.0 Å². The average molecular weight is 561 g/mol. The summed E-state index contributed by atoms with van der Waals surface area (Å²) in [5, 5.41) is 3.30. The van der Waals surface area contributed by atoms with E-state index in [0.29, 0.717) is 18.6 Å². The summed E-state index contributed by atoms with van der Waals surface area (Å²) in [6.45, 7) is 9.13. The number of fused-ring (bicyclic) bond motifs is 1. The fraction of sp³-hybridized carbons (Fsp3) is 0.500. The maximum Gasteiger partial charge on any atom is 0.308 e. The summed E-state index contributed by atoms with van der Waals surface area (Å²) >= 11 is 0. The van der Waals surface area contributed by atoms with Crippen molar-refractivity contribution in [2.24, 2.45) is 5.92 Å². The van der Waals surface area contributed by atoms with E-state index in [1.165, 1.54) is 19.4 Å². The molecule has 0 spiro atoms. The first-order chi connectivity index (χ1) is 19.8. The molecule has 1 N–H and O–H groups in total. The summed E-state index contributed by atoms with van der Waals surface area (Å²) in [6, 6.07) is 18.0. The topological polar surface area (TPSA) is 84.9 Å². The third-order valence-corrected chi connectivity index (χ3v) is 8.57. The van der Waals surface area contributed by atoms with E-state index in [4.69, 9.17) is 9.47 Å². The Balaban J connectivity index is 1.49. The maximum atomic E-state index is 13.1. The van der Waals surface area contributed by atoms with Gasteiger partial charge in [-0.3, -0.25) is 19.3 Å². The molecule has 4 atom stereocenters. The SMILES string of the molecule is C=CCN1CC[C@@]2(c3cccc(OC(C)=O)c3)C[C@@H](NC(=O)CCCCCc3ccccc3)CC(OC(C)=O)[C@@H]2C1. The molecule has 0 radical (unpaired) electrons. The fourth-order valence-electron chi connectivity index (χ4n) is 6.83. The molecular formula is C34H44N2O5. The molecule has 1 heterocycles. The van der Waals surface area contributed by atoms with Crippen molar-refractivity contribution < 1.29 is 23.9 Å². The Morgan fingerprint density at radius 3 is 2.59 bits per heavy atom. The fourth-order valence-corrected chi connectivity index (χ4v) is 6.83. The van der Waals surface area contributed by atoms with Gasteiger partial charge in [0.05, 0.1) is 0 Å². The Morgan fingerprint density at radius 1 is 1.05 bits per heavy atom. The first-order valence-electron chi connectivity index (χ1n) is 14.9. The highest BCUT2D eigenvalue weighted by Crippen LogP contribution is 2.50. The van der Waals surface area contributed by atoms with Crippen molar-refractivity contribution in [1.29, 1.82) is 0 Å². The van der Waals surface area contributed by atoms with E-state index in [0.717, 1.165) is 63.7 Å². The molecule has 220 valence electrons. The van der Waals surface area contributed by atoms with Crippen molar-refractivity contribution in [3.63, 3.8) is 0 Å².